The SMILES string of the molecule is CSc1nnc(-c2ccccc2)n1-c1cccc(C)c1. The molecule has 0 aliphatic rings. The van der Waals surface area contributed by atoms with E-state index in [-0.39, 0.29) is 0 Å². The zero-order valence-corrected chi connectivity index (χ0v) is 12.3. The van der Waals surface area contributed by atoms with Crippen LogP contribution in [0.1, 0.15) is 5.56 Å². The molecular formula is C16H15N3S. The van der Waals surface area contributed by atoms with Gasteiger partial charge in [-0.2, -0.15) is 0 Å². The lowest BCUT2D eigenvalue weighted by molar-refractivity contribution is 0.888. The Morgan fingerprint density at radius 1 is 0.950 bits per heavy atom. The molecule has 0 aliphatic heterocycles. The molecule has 0 radical (unpaired) electrons. The maximum atomic E-state index is 4.36. The number of rotatable bonds is 3. The minimum Gasteiger partial charge on any atom is -0.270 e. The van der Waals surface area contributed by atoms with Crippen LogP contribution in [0.15, 0.2) is 59.8 Å². The summed E-state index contributed by atoms with van der Waals surface area (Å²) in [6, 6.07) is 18.5. The quantitative estimate of drug-likeness (QED) is 0.681. The first-order valence-corrected chi connectivity index (χ1v) is 7.64. The Labute approximate surface area is 122 Å². The number of aryl methyl sites for hydroxylation is 1. The average molecular weight is 281 g/mol. The van der Waals surface area contributed by atoms with Gasteiger partial charge in [-0.3, -0.25) is 4.57 Å². The first kappa shape index (κ1) is 12.9. The lowest BCUT2D eigenvalue weighted by Gasteiger charge is -2.10. The van der Waals surface area contributed by atoms with E-state index in [1.165, 1.54) is 5.56 Å². The van der Waals surface area contributed by atoms with Gasteiger partial charge < -0.3 is 0 Å². The summed E-state index contributed by atoms with van der Waals surface area (Å²) in [5, 5.41) is 9.55. The third kappa shape index (κ3) is 2.34. The van der Waals surface area contributed by atoms with Crippen molar-refractivity contribution in [3.63, 3.8) is 0 Å². The van der Waals surface area contributed by atoms with E-state index in [9.17, 15) is 0 Å². The first-order chi connectivity index (χ1) is 9.79. The zero-order valence-electron chi connectivity index (χ0n) is 11.4. The van der Waals surface area contributed by atoms with E-state index in [0.717, 1.165) is 22.2 Å². The number of benzene rings is 2. The normalized spacial score (nSPS) is 10.7. The van der Waals surface area contributed by atoms with Gasteiger partial charge in [0.1, 0.15) is 0 Å². The molecular weight excluding hydrogens is 266 g/mol. The van der Waals surface area contributed by atoms with Crippen LogP contribution in [0.4, 0.5) is 0 Å². The van der Waals surface area contributed by atoms with Crippen molar-refractivity contribution in [2.45, 2.75) is 12.1 Å². The van der Waals surface area contributed by atoms with Crippen LogP contribution in [0.5, 0.6) is 0 Å². The van der Waals surface area contributed by atoms with E-state index in [4.69, 9.17) is 0 Å². The summed E-state index contributed by atoms with van der Waals surface area (Å²) in [6.07, 6.45) is 2.02. The summed E-state index contributed by atoms with van der Waals surface area (Å²) in [5.41, 5.74) is 3.39. The third-order valence-electron chi connectivity index (χ3n) is 3.11. The molecule has 4 heteroatoms. The van der Waals surface area contributed by atoms with Crippen molar-refractivity contribution < 1.29 is 0 Å². The van der Waals surface area contributed by atoms with Crippen molar-refractivity contribution in [1.82, 2.24) is 14.8 Å². The molecule has 0 N–H and O–H groups in total. The van der Waals surface area contributed by atoms with Gasteiger partial charge in [-0.15, -0.1) is 10.2 Å². The van der Waals surface area contributed by atoms with Gasteiger partial charge in [0.05, 0.1) is 0 Å². The summed E-state index contributed by atoms with van der Waals surface area (Å²) in [5.74, 6) is 0.876. The minimum atomic E-state index is 0.876. The van der Waals surface area contributed by atoms with Gasteiger partial charge in [-0.05, 0) is 30.9 Å². The Kier molecular flexibility index (Phi) is 3.56. The molecule has 0 saturated heterocycles. The van der Waals surface area contributed by atoms with E-state index in [1.807, 2.05) is 24.5 Å². The van der Waals surface area contributed by atoms with Gasteiger partial charge in [-0.25, -0.2) is 0 Å². The Bertz CT molecular complexity index is 720. The van der Waals surface area contributed by atoms with Crippen LogP contribution in [-0.4, -0.2) is 21.0 Å². The van der Waals surface area contributed by atoms with Crippen LogP contribution in [0, 0.1) is 6.92 Å². The second-order valence-corrected chi connectivity index (χ2v) is 5.32. The number of thioether (sulfide) groups is 1. The van der Waals surface area contributed by atoms with Crippen molar-refractivity contribution >= 4 is 11.8 Å². The molecule has 3 nitrogen and oxygen atoms in total. The predicted octanol–water partition coefficient (Wildman–Crippen LogP) is 3.96. The molecule has 0 fully saturated rings. The van der Waals surface area contributed by atoms with Crippen molar-refractivity contribution in [3.8, 4) is 17.1 Å². The first-order valence-electron chi connectivity index (χ1n) is 6.41. The highest BCUT2D eigenvalue weighted by Gasteiger charge is 2.14. The van der Waals surface area contributed by atoms with Gasteiger partial charge in [0.25, 0.3) is 0 Å². The van der Waals surface area contributed by atoms with E-state index in [0.29, 0.717) is 0 Å². The maximum absolute atomic E-state index is 4.36. The van der Waals surface area contributed by atoms with Crippen LogP contribution in [0.2, 0.25) is 0 Å². The smallest absolute Gasteiger partial charge is 0.195 e. The molecule has 0 unspecified atom stereocenters. The van der Waals surface area contributed by atoms with E-state index < -0.39 is 0 Å². The van der Waals surface area contributed by atoms with Gasteiger partial charge in [0.15, 0.2) is 11.0 Å². The molecule has 0 saturated carbocycles. The Balaban J connectivity index is 2.21. The molecule has 0 amide bonds. The number of nitrogens with zero attached hydrogens (tertiary/aromatic N) is 3. The summed E-state index contributed by atoms with van der Waals surface area (Å²) in [7, 11) is 0. The molecule has 2 aromatic carbocycles. The lowest BCUT2D eigenvalue weighted by atomic mass is 10.2. The predicted molar refractivity (Wildman–Crippen MR) is 83.3 cm³/mol. The van der Waals surface area contributed by atoms with Crippen molar-refractivity contribution in [2.75, 3.05) is 6.26 Å². The Hall–Kier alpha value is -2.07. The van der Waals surface area contributed by atoms with Crippen molar-refractivity contribution in [1.29, 1.82) is 0 Å². The van der Waals surface area contributed by atoms with Crippen LogP contribution in [-0.2, 0) is 0 Å². The van der Waals surface area contributed by atoms with Crippen LogP contribution >= 0.6 is 11.8 Å². The third-order valence-corrected chi connectivity index (χ3v) is 3.74. The van der Waals surface area contributed by atoms with Crippen LogP contribution in [0.3, 0.4) is 0 Å². The van der Waals surface area contributed by atoms with Crippen LogP contribution in [0.25, 0.3) is 17.1 Å². The van der Waals surface area contributed by atoms with Crippen molar-refractivity contribution in [2.24, 2.45) is 0 Å². The van der Waals surface area contributed by atoms with E-state index in [2.05, 4.69) is 58.1 Å². The average Bonchev–Trinajstić information content (AvgIpc) is 2.92. The van der Waals surface area contributed by atoms with Crippen LogP contribution < -0.4 is 0 Å². The summed E-state index contributed by atoms with van der Waals surface area (Å²) < 4.78 is 2.10. The second-order valence-electron chi connectivity index (χ2n) is 4.55. The largest absolute Gasteiger partial charge is 0.270 e. The maximum Gasteiger partial charge on any atom is 0.195 e. The van der Waals surface area contributed by atoms with E-state index in [1.54, 1.807) is 11.8 Å². The van der Waals surface area contributed by atoms with Gasteiger partial charge in [-0.1, -0.05) is 54.2 Å². The van der Waals surface area contributed by atoms with E-state index >= 15 is 0 Å². The molecule has 0 atom stereocenters. The lowest BCUT2D eigenvalue weighted by Crippen LogP contribution is -1.99. The highest BCUT2D eigenvalue weighted by atomic mass is 32.2. The second kappa shape index (κ2) is 5.51. The summed E-state index contributed by atoms with van der Waals surface area (Å²) in [4.78, 5) is 0. The number of aromatic nitrogens is 3. The molecule has 3 rings (SSSR count). The number of hydrogen-bond donors (Lipinski definition) is 0. The Morgan fingerprint density at radius 3 is 2.45 bits per heavy atom. The van der Waals surface area contributed by atoms with Crippen molar-refractivity contribution in [3.05, 3.63) is 60.2 Å². The molecule has 1 heterocycles. The van der Waals surface area contributed by atoms with Gasteiger partial charge in [0, 0.05) is 11.3 Å². The zero-order chi connectivity index (χ0) is 13.9. The molecule has 0 aliphatic carbocycles. The fourth-order valence-corrected chi connectivity index (χ4v) is 2.67. The molecule has 0 spiro atoms. The molecule has 0 bridgehead atoms. The molecule has 100 valence electrons. The Morgan fingerprint density at radius 2 is 1.75 bits per heavy atom. The molecule has 3 aromatic rings. The minimum absolute atomic E-state index is 0.876. The fourth-order valence-electron chi connectivity index (χ4n) is 2.18. The van der Waals surface area contributed by atoms with Gasteiger partial charge in [0.2, 0.25) is 0 Å². The number of hydrogen-bond acceptors (Lipinski definition) is 3. The highest BCUT2D eigenvalue weighted by molar-refractivity contribution is 7.98. The highest BCUT2D eigenvalue weighted by Crippen LogP contribution is 2.26. The topological polar surface area (TPSA) is 30.7 Å². The molecule has 1 aromatic heterocycles. The standard InChI is InChI=1S/C16H15N3S/c1-12-7-6-10-14(11-12)19-15(17-18-16(19)20-2)13-8-4-3-5-9-13/h3-11H,1-2H3. The molecule has 20 heavy (non-hydrogen) atoms. The fraction of sp³-hybridized carbons (Fsp3) is 0.125. The monoisotopic (exact) mass is 281 g/mol. The summed E-state index contributed by atoms with van der Waals surface area (Å²) >= 11 is 1.60. The van der Waals surface area contributed by atoms with Gasteiger partial charge >= 0.3 is 0 Å². The summed E-state index contributed by atoms with van der Waals surface area (Å²) in [6.45, 7) is 2.09.